The topological polar surface area (TPSA) is 38.7 Å². The van der Waals surface area contributed by atoms with Crippen LogP contribution in [0, 0.1) is 40.4 Å². The Hall–Kier alpha value is -0.640. The lowest BCUT2D eigenvalue weighted by molar-refractivity contribution is -0.173. The summed E-state index contributed by atoms with van der Waals surface area (Å²) in [5.74, 6) is 3.07. The lowest BCUT2D eigenvalue weighted by Crippen LogP contribution is -2.51. The van der Waals surface area contributed by atoms with Gasteiger partial charge >= 0.3 is 0 Å². The van der Waals surface area contributed by atoms with Gasteiger partial charge in [-0.1, -0.05) is 44.6 Å². The second kappa shape index (κ2) is 6.70. The van der Waals surface area contributed by atoms with Crippen LogP contribution in [0.2, 0.25) is 0 Å². The van der Waals surface area contributed by atoms with Crippen molar-refractivity contribution in [2.45, 2.75) is 110 Å². The molecule has 2 heterocycles. The molecule has 10 atom stereocenters. The lowest BCUT2D eigenvalue weighted by Gasteiger charge is -2.56. The molecule has 6 aliphatic rings. The number of hydrogen-bond acceptors (Lipinski definition) is 3. The molecule has 3 nitrogen and oxygen atoms in total. The third-order valence-corrected chi connectivity index (χ3v) is 11.2. The molecule has 0 radical (unpaired) electrons. The molecular formula is C28H42O3. The van der Waals surface area contributed by atoms with Crippen molar-refractivity contribution in [3.8, 4) is 0 Å². The highest BCUT2D eigenvalue weighted by molar-refractivity contribution is 5.34. The van der Waals surface area contributed by atoms with Gasteiger partial charge in [0.2, 0.25) is 0 Å². The van der Waals surface area contributed by atoms with Crippen LogP contribution in [0.3, 0.4) is 0 Å². The maximum Gasteiger partial charge on any atom is 0.165 e. The monoisotopic (exact) mass is 426 g/mol. The molecule has 1 N–H and O–H groups in total. The molecule has 172 valence electrons. The van der Waals surface area contributed by atoms with Crippen molar-refractivity contribution in [2.75, 3.05) is 0 Å². The van der Waals surface area contributed by atoms with Crippen LogP contribution in [0.15, 0.2) is 23.8 Å². The zero-order chi connectivity index (χ0) is 21.8. The van der Waals surface area contributed by atoms with Gasteiger partial charge in [0.15, 0.2) is 6.29 Å². The first-order chi connectivity index (χ1) is 14.7. The first-order valence-corrected chi connectivity index (χ1v) is 13.1. The second-order valence-electron chi connectivity index (χ2n) is 12.8. The first kappa shape index (κ1) is 20.9. The van der Waals surface area contributed by atoms with Gasteiger partial charge in [-0.25, -0.2) is 0 Å². The van der Waals surface area contributed by atoms with Crippen LogP contribution in [-0.2, 0) is 9.47 Å². The standard InChI is InChI=1S/C28H42O3/c1-16(2)17(3)8-12-27(5)23-15-22-24-20-7-6-18-14-19(29)9-11-26(18,4)21(20)10-13-28(23,24)25(30-22)31-27/h7,16,18-19,21-25,29H,3,6,8-15H2,1-2,4-5H3/t18?,19?,21?,22?,23-,24?,25?,26?,27?,28?/m1/s1. The summed E-state index contributed by atoms with van der Waals surface area (Å²) in [5.41, 5.74) is 3.58. The van der Waals surface area contributed by atoms with E-state index in [-0.39, 0.29) is 23.4 Å². The summed E-state index contributed by atoms with van der Waals surface area (Å²) >= 11 is 0. The highest BCUT2D eigenvalue weighted by Gasteiger charge is 2.77. The maximum atomic E-state index is 10.3. The third-order valence-electron chi connectivity index (χ3n) is 11.2. The first-order valence-electron chi connectivity index (χ1n) is 13.1. The van der Waals surface area contributed by atoms with E-state index in [1.807, 2.05) is 0 Å². The van der Waals surface area contributed by atoms with Crippen LogP contribution < -0.4 is 0 Å². The molecule has 31 heavy (non-hydrogen) atoms. The van der Waals surface area contributed by atoms with Crippen molar-refractivity contribution in [2.24, 2.45) is 40.4 Å². The molecule has 0 aromatic carbocycles. The fourth-order valence-corrected chi connectivity index (χ4v) is 9.32. The van der Waals surface area contributed by atoms with Crippen molar-refractivity contribution in [3.63, 3.8) is 0 Å². The smallest absolute Gasteiger partial charge is 0.165 e. The average molecular weight is 427 g/mol. The average Bonchev–Trinajstić information content (AvgIpc) is 3.25. The Morgan fingerprint density at radius 1 is 1.23 bits per heavy atom. The predicted octanol–water partition coefficient (Wildman–Crippen LogP) is 6.02. The van der Waals surface area contributed by atoms with Gasteiger partial charge in [-0.2, -0.15) is 0 Å². The summed E-state index contributed by atoms with van der Waals surface area (Å²) in [7, 11) is 0. The molecule has 3 heteroatoms. The Balaban J connectivity index is 1.30. The molecular weight excluding hydrogens is 384 g/mol. The van der Waals surface area contributed by atoms with E-state index in [0.29, 0.717) is 41.1 Å². The lowest BCUT2D eigenvalue weighted by atomic mass is 9.47. The molecule has 2 saturated heterocycles. The van der Waals surface area contributed by atoms with Crippen molar-refractivity contribution in [1.29, 1.82) is 0 Å². The normalized spacial score (nSPS) is 54.4. The van der Waals surface area contributed by atoms with Gasteiger partial charge in [0.05, 0.1) is 17.8 Å². The molecule has 2 bridgehead atoms. The molecule has 2 aliphatic heterocycles. The zero-order valence-corrected chi connectivity index (χ0v) is 20.0. The van der Waals surface area contributed by atoms with Crippen LogP contribution in [-0.4, -0.2) is 29.2 Å². The fraction of sp³-hybridized carbons (Fsp3) is 0.857. The molecule has 0 aromatic heterocycles. The van der Waals surface area contributed by atoms with E-state index in [2.05, 4.69) is 40.3 Å². The highest BCUT2D eigenvalue weighted by atomic mass is 16.7. The number of fused-ring (bicyclic) bond motifs is 3. The number of aliphatic hydroxyl groups is 1. The summed E-state index contributed by atoms with van der Waals surface area (Å²) in [6, 6.07) is 0. The Bertz CT molecular complexity index is 815. The Morgan fingerprint density at radius 2 is 2.03 bits per heavy atom. The van der Waals surface area contributed by atoms with E-state index < -0.39 is 0 Å². The van der Waals surface area contributed by atoms with Gasteiger partial charge in [0.1, 0.15) is 0 Å². The molecule has 1 spiro atoms. The predicted molar refractivity (Wildman–Crippen MR) is 122 cm³/mol. The summed E-state index contributed by atoms with van der Waals surface area (Å²) < 4.78 is 13.5. The largest absolute Gasteiger partial charge is 0.393 e. The van der Waals surface area contributed by atoms with Crippen LogP contribution in [0.25, 0.3) is 0 Å². The maximum absolute atomic E-state index is 10.3. The van der Waals surface area contributed by atoms with E-state index in [0.717, 1.165) is 32.1 Å². The number of allylic oxidation sites excluding steroid dienone is 2. The van der Waals surface area contributed by atoms with Crippen molar-refractivity contribution < 1.29 is 14.6 Å². The third kappa shape index (κ3) is 2.63. The van der Waals surface area contributed by atoms with E-state index in [1.54, 1.807) is 5.57 Å². The Kier molecular flexibility index (Phi) is 4.52. The number of aliphatic hydroxyl groups excluding tert-OH is 1. The van der Waals surface area contributed by atoms with Gasteiger partial charge in [0.25, 0.3) is 0 Å². The van der Waals surface area contributed by atoms with Crippen LogP contribution >= 0.6 is 0 Å². The number of rotatable bonds is 4. The molecule has 0 amide bonds. The Labute approximate surface area is 188 Å². The molecule has 0 aromatic rings. The number of ether oxygens (including phenoxy) is 2. The van der Waals surface area contributed by atoms with Gasteiger partial charge < -0.3 is 14.6 Å². The molecule has 5 fully saturated rings. The minimum Gasteiger partial charge on any atom is -0.393 e. The number of hydrogen-bond donors (Lipinski definition) is 1. The van der Waals surface area contributed by atoms with E-state index in [9.17, 15) is 5.11 Å². The second-order valence-corrected chi connectivity index (χ2v) is 12.8. The Morgan fingerprint density at radius 3 is 2.81 bits per heavy atom. The summed E-state index contributed by atoms with van der Waals surface area (Å²) in [5, 5.41) is 10.3. The van der Waals surface area contributed by atoms with Crippen molar-refractivity contribution in [1.82, 2.24) is 0 Å². The van der Waals surface area contributed by atoms with E-state index in [1.165, 1.54) is 31.3 Å². The molecule has 6 rings (SSSR count). The fourth-order valence-electron chi connectivity index (χ4n) is 9.32. The minimum atomic E-state index is -0.0838. The SMILES string of the molecule is C=C(CCC1(C)OC2OC3C[C@H]1C21CCC2C(=CCC4CC(O)CCC42C)C31)C(C)C. The van der Waals surface area contributed by atoms with Crippen molar-refractivity contribution >= 4 is 0 Å². The molecule has 9 unspecified atom stereocenters. The van der Waals surface area contributed by atoms with Gasteiger partial charge in [-0.15, -0.1) is 0 Å². The van der Waals surface area contributed by atoms with Crippen LogP contribution in [0.1, 0.15) is 85.5 Å². The minimum absolute atomic E-state index is 0.000812. The van der Waals surface area contributed by atoms with E-state index in [4.69, 9.17) is 9.47 Å². The highest BCUT2D eigenvalue weighted by Crippen LogP contribution is 2.75. The van der Waals surface area contributed by atoms with Crippen LogP contribution in [0.5, 0.6) is 0 Å². The van der Waals surface area contributed by atoms with Gasteiger partial charge in [0, 0.05) is 17.3 Å². The van der Waals surface area contributed by atoms with Gasteiger partial charge in [-0.3, -0.25) is 0 Å². The zero-order valence-electron chi connectivity index (χ0n) is 20.0. The summed E-state index contributed by atoms with van der Waals surface area (Å²) in [4.78, 5) is 0. The summed E-state index contributed by atoms with van der Waals surface area (Å²) in [6.07, 6.45) is 13.1. The molecule has 4 aliphatic carbocycles. The van der Waals surface area contributed by atoms with E-state index >= 15 is 0 Å². The van der Waals surface area contributed by atoms with Crippen LogP contribution in [0.4, 0.5) is 0 Å². The van der Waals surface area contributed by atoms with Gasteiger partial charge in [-0.05, 0) is 87.9 Å². The quantitative estimate of drug-likeness (QED) is 0.559. The summed E-state index contributed by atoms with van der Waals surface area (Å²) in [6.45, 7) is 13.8. The molecule has 3 saturated carbocycles. The van der Waals surface area contributed by atoms with Crippen molar-refractivity contribution in [3.05, 3.63) is 23.8 Å².